The predicted octanol–water partition coefficient (Wildman–Crippen LogP) is 3.89. The molecule has 1 aromatic rings. The highest BCUT2D eigenvalue weighted by atomic mass is 32.2. The SMILES string of the molecule is CC(C)C(=O)Nc1cccc(SC(F)(F)F)c1. The minimum Gasteiger partial charge on any atom is -0.326 e. The lowest BCUT2D eigenvalue weighted by Gasteiger charge is -2.10. The Morgan fingerprint density at radius 2 is 2.00 bits per heavy atom. The molecule has 94 valence electrons. The number of halogens is 3. The highest BCUT2D eigenvalue weighted by molar-refractivity contribution is 8.00. The molecule has 0 spiro atoms. The summed E-state index contributed by atoms with van der Waals surface area (Å²) in [5, 5.41) is 2.55. The second-order valence-corrected chi connectivity index (χ2v) is 4.86. The van der Waals surface area contributed by atoms with Gasteiger partial charge in [-0.1, -0.05) is 19.9 Å². The van der Waals surface area contributed by atoms with Gasteiger partial charge in [-0.25, -0.2) is 0 Å². The zero-order valence-corrected chi connectivity index (χ0v) is 10.2. The number of hydrogen-bond donors (Lipinski definition) is 1. The molecular weight excluding hydrogens is 251 g/mol. The van der Waals surface area contributed by atoms with Gasteiger partial charge in [-0.15, -0.1) is 0 Å². The molecular formula is C11H12F3NOS. The molecule has 0 aliphatic carbocycles. The van der Waals surface area contributed by atoms with Crippen molar-refractivity contribution in [2.45, 2.75) is 24.3 Å². The number of carbonyl (C=O) groups is 1. The molecule has 0 aliphatic rings. The van der Waals surface area contributed by atoms with E-state index in [2.05, 4.69) is 5.32 Å². The van der Waals surface area contributed by atoms with Gasteiger partial charge in [0.2, 0.25) is 5.91 Å². The molecule has 0 atom stereocenters. The summed E-state index contributed by atoms with van der Waals surface area (Å²) in [6, 6.07) is 5.69. The maximum atomic E-state index is 12.1. The molecule has 0 radical (unpaired) electrons. The molecule has 1 aromatic carbocycles. The number of rotatable bonds is 3. The van der Waals surface area contributed by atoms with E-state index in [1.165, 1.54) is 18.2 Å². The van der Waals surface area contributed by atoms with Gasteiger partial charge in [-0.3, -0.25) is 4.79 Å². The Bertz CT molecular complexity index is 404. The van der Waals surface area contributed by atoms with Crippen molar-refractivity contribution < 1.29 is 18.0 Å². The number of hydrogen-bond acceptors (Lipinski definition) is 2. The van der Waals surface area contributed by atoms with Crippen LogP contribution >= 0.6 is 11.8 Å². The van der Waals surface area contributed by atoms with Crippen molar-refractivity contribution in [3.8, 4) is 0 Å². The van der Waals surface area contributed by atoms with Crippen molar-refractivity contribution in [2.75, 3.05) is 5.32 Å². The molecule has 1 rings (SSSR count). The number of thioether (sulfide) groups is 1. The normalized spacial score (nSPS) is 11.6. The van der Waals surface area contributed by atoms with Crippen LogP contribution in [-0.2, 0) is 4.79 Å². The Balaban J connectivity index is 2.76. The van der Waals surface area contributed by atoms with Crippen molar-refractivity contribution in [1.29, 1.82) is 0 Å². The number of carbonyl (C=O) groups excluding carboxylic acids is 1. The van der Waals surface area contributed by atoms with E-state index in [1.54, 1.807) is 19.9 Å². The summed E-state index contributed by atoms with van der Waals surface area (Å²) in [6.07, 6.45) is 0. The van der Waals surface area contributed by atoms with Crippen molar-refractivity contribution in [3.63, 3.8) is 0 Å². The summed E-state index contributed by atoms with van der Waals surface area (Å²) >= 11 is -0.201. The maximum absolute atomic E-state index is 12.1. The number of benzene rings is 1. The third-order valence-corrected chi connectivity index (χ3v) is 2.58. The van der Waals surface area contributed by atoms with Gasteiger partial charge in [-0.05, 0) is 30.0 Å². The molecule has 0 heterocycles. The monoisotopic (exact) mass is 263 g/mol. The van der Waals surface area contributed by atoms with Gasteiger partial charge in [0.1, 0.15) is 0 Å². The minimum atomic E-state index is -4.32. The summed E-state index contributed by atoms with van der Waals surface area (Å²) in [5.74, 6) is -0.437. The van der Waals surface area contributed by atoms with Gasteiger partial charge in [0, 0.05) is 16.5 Å². The van der Waals surface area contributed by atoms with Crippen LogP contribution in [0.2, 0.25) is 0 Å². The van der Waals surface area contributed by atoms with Gasteiger partial charge in [0.05, 0.1) is 0 Å². The smallest absolute Gasteiger partial charge is 0.326 e. The fourth-order valence-electron chi connectivity index (χ4n) is 1.06. The fourth-order valence-corrected chi connectivity index (χ4v) is 1.66. The Labute approximate surface area is 102 Å². The van der Waals surface area contributed by atoms with Crippen molar-refractivity contribution >= 4 is 23.4 Å². The largest absolute Gasteiger partial charge is 0.446 e. The van der Waals surface area contributed by atoms with E-state index in [9.17, 15) is 18.0 Å². The lowest BCUT2D eigenvalue weighted by Crippen LogP contribution is -2.17. The van der Waals surface area contributed by atoms with E-state index in [0.29, 0.717) is 5.69 Å². The first-order chi connectivity index (χ1) is 7.78. The Kier molecular flexibility index (Phi) is 4.45. The molecule has 1 amide bonds. The topological polar surface area (TPSA) is 29.1 Å². The predicted molar refractivity (Wildman–Crippen MR) is 61.8 cm³/mol. The first kappa shape index (κ1) is 13.9. The molecule has 0 bridgehead atoms. The van der Waals surface area contributed by atoms with Gasteiger partial charge >= 0.3 is 5.51 Å². The van der Waals surface area contributed by atoms with E-state index in [-0.39, 0.29) is 28.5 Å². The van der Waals surface area contributed by atoms with Crippen LogP contribution in [0.1, 0.15) is 13.8 Å². The summed E-state index contributed by atoms with van der Waals surface area (Å²) in [4.78, 5) is 11.4. The van der Waals surface area contributed by atoms with Crippen LogP contribution in [-0.4, -0.2) is 11.4 Å². The molecule has 1 N–H and O–H groups in total. The quantitative estimate of drug-likeness (QED) is 0.838. The fraction of sp³-hybridized carbons (Fsp3) is 0.364. The molecule has 2 nitrogen and oxygen atoms in total. The third kappa shape index (κ3) is 5.12. The zero-order chi connectivity index (χ0) is 13.1. The first-order valence-electron chi connectivity index (χ1n) is 4.94. The number of amides is 1. The van der Waals surface area contributed by atoms with E-state index in [4.69, 9.17) is 0 Å². The van der Waals surface area contributed by atoms with E-state index in [0.717, 1.165) is 0 Å². The third-order valence-electron chi connectivity index (χ3n) is 1.86. The highest BCUT2D eigenvalue weighted by Crippen LogP contribution is 2.37. The Morgan fingerprint density at radius 3 is 2.53 bits per heavy atom. The van der Waals surface area contributed by atoms with E-state index >= 15 is 0 Å². The van der Waals surface area contributed by atoms with Crippen molar-refractivity contribution in [3.05, 3.63) is 24.3 Å². The summed E-state index contributed by atoms with van der Waals surface area (Å²) in [7, 11) is 0. The van der Waals surface area contributed by atoms with Crippen LogP contribution in [0.3, 0.4) is 0 Å². The Morgan fingerprint density at radius 1 is 1.35 bits per heavy atom. The summed E-state index contributed by atoms with van der Waals surface area (Å²) in [5.41, 5.74) is -3.95. The molecule has 0 unspecified atom stereocenters. The van der Waals surface area contributed by atoms with E-state index in [1.807, 2.05) is 0 Å². The second kappa shape index (κ2) is 5.44. The standard InChI is InChI=1S/C11H12F3NOS/c1-7(2)10(16)15-8-4-3-5-9(6-8)17-11(12,13)14/h3-7H,1-2H3,(H,15,16). The van der Waals surface area contributed by atoms with Gasteiger partial charge in [-0.2, -0.15) is 13.2 Å². The van der Waals surface area contributed by atoms with Crippen LogP contribution in [0.5, 0.6) is 0 Å². The average Bonchev–Trinajstić information content (AvgIpc) is 2.15. The van der Waals surface area contributed by atoms with Gasteiger partial charge in [0.25, 0.3) is 0 Å². The average molecular weight is 263 g/mol. The molecule has 17 heavy (non-hydrogen) atoms. The summed E-state index contributed by atoms with van der Waals surface area (Å²) < 4.78 is 36.4. The molecule has 0 saturated carbocycles. The van der Waals surface area contributed by atoms with Crippen molar-refractivity contribution in [1.82, 2.24) is 0 Å². The second-order valence-electron chi connectivity index (χ2n) is 3.72. The van der Waals surface area contributed by atoms with Gasteiger partial charge < -0.3 is 5.32 Å². The lowest BCUT2D eigenvalue weighted by atomic mass is 10.2. The first-order valence-corrected chi connectivity index (χ1v) is 5.76. The van der Waals surface area contributed by atoms with Crippen LogP contribution < -0.4 is 5.32 Å². The molecule has 0 aromatic heterocycles. The Hall–Kier alpha value is -1.17. The van der Waals surface area contributed by atoms with Crippen LogP contribution in [0.15, 0.2) is 29.2 Å². The number of nitrogens with one attached hydrogen (secondary N) is 1. The zero-order valence-electron chi connectivity index (χ0n) is 9.34. The lowest BCUT2D eigenvalue weighted by molar-refractivity contribution is -0.118. The molecule has 0 saturated heterocycles. The van der Waals surface area contributed by atoms with Crippen LogP contribution in [0, 0.1) is 5.92 Å². The van der Waals surface area contributed by atoms with Gasteiger partial charge in [0.15, 0.2) is 0 Å². The number of alkyl halides is 3. The van der Waals surface area contributed by atoms with E-state index < -0.39 is 5.51 Å². The van der Waals surface area contributed by atoms with Crippen LogP contribution in [0.25, 0.3) is 0 Å². The maximum Gasteiger partial charge on any atom is 0.446 e. The summed E-state index contributed by atoms with van der Waals surface area (Å²) in [6.45, 7) is 3.42. The van der Waals surface area contributed by atoms with Crippen molar-refractivity contribution in [2.24, 2.45) is 5.92 Å². The highest BCUT2D eigenvalue weighted by Gasteiger charge is 2.29. The molecule has 0 fully saturated rings. The molecule has 6 heteroatoms. The minimum absolute atomic E-state index is 0.0547. The van der Waals surface area contributed by atoms with Crippen LogP contribution in [0.4, 0.5) is 18.9 Å². The molecule has 0 aliphatic heterocycles. The number of anilines is 1.